The molecule has 0 aliphatic heterocycles. The van der Waals surface area contributed by atoms with Crippen molar-refractivity contribution in [3.63, 3.8) is 0 Å². The third kappa shape index (κ3) is 6.47. The molecule has 1 amide bonds. The summed E-state index contributed by atoms with van der Waals surface area (Å²) < 4.78 is 15.3. The number of amides is 1. The van der Waals surface area contributed by atoms with Crippen LogP contribution in [0.5, 0.6) is 5.75 Å². The number of hydrogen-bond acceptors (Lipinski definition) is 5. The Kier molecular flexibility index (Phi) is 7.49. The minimum Gasteiger partial charge on any atom is -0.489 e. The second kappa shape index (κ2) is 10.1. The van der Waals surface area contributed by atoms with Crippen LogP contribution >= 0.6 is 0 Å². The number of nitrogens with two attached hydrogens (primary N) is 1. The molecule has 26 heavy (non-hydrogen) atoms. The van der Waals surface area contributed by atoms with E-state index >= 15 is 0 Å². The Labute approximate surface area is 152 Å². The Balaban J connectivity index is 1.83. The lowest BCUT2D eigenvalue weighted by molar-refractivity contribution is -0.128. The van der Waals surface area contributed by atoms with Crippen LogP contribution in [0.2, 0.25) is 0 Å². The average Bonchev–Trinajstić information content (AvgIpc) is 2.65. The van der Waals surface area contributed by atoms with Crippen molar-refractivity contribution >= 4 is 12.1 Å². The molecule has 138 valence electrons. The largest absolute Gasteiger partial charge is 0.509 e. The van der Waals surface area contributed by atoms with Crippen LogP contribution in [0.3, 0.4) is 0 Å². The Hall–Kier alpha value is -3.02. The number of ether oxygens (including phenoxy) is 3. The maximum Gasteiger partial charge on any atom is 0.509 e. The smallest absolute Gasteiger partial charge is 0.489 e. The number of rotatable bonds is 9. The Morgan fingerprint density at radius 3 is 2.31 bits per heavy atom. The predicted octanol–water partition coefficient (Wildman–Crippen LogP) is 3.23. The van der Waals surface area contributed by atoms with Crippen LogP contribution in [0.1, 0.15) is 24.5 Å². The number of primary amides is 1. The van der Waals surface area contributed by atoms with Crippen LogP contribution in [-0.4, -0.2) is 24.8 Å². The Bertz CT molecular complexity index is 700. The van der Waals surface area contributed by atoms with Crippen molar-refractivity contribution < 1.29 is 23.8 Å². The van der Waals surface area contributed by atoms with Crippen LogP contribution in [0.4, 0.5) is 4.79 Å². The maximum atomic E-state index is 11.4. The summed E-state index contributed by atoms with van der Waals surface area (Å²) >= 11 is 0. The highest BCUT2D eigenvalue weighted by Gasteiger charge is 2.20. The number of benzene rings is 2. The quantitative estimate of drug-likeness (QED) is 0.696. The molecule has 2 aromatic rings. The Morgan fingerprint density at radius 1 is 1.00 bits per heavy atom. The molecule has 0 spiro atoms. The molecule has 1 atom stereocenters. The molecule has 0 bridgehead atoms. The van der Waals surface area contributed by atoms with Crippen molar-refractivity contribution in [2.75, 3.05) is 6.61 Å². The second-order valence-corrected chi connectivity index (χ2v) is 5.65. The van der Waals surface area contributed by atoms with Crippen LogP contribution < -0.4 is 10.5 Å². The maximum absolute atomic E-state index is 11.4. The third-order valence-corrected chi connectivity index (χ3v) is 3.68. The number of hydrogen-bond donors (Lipinski definition) is 1. The van der Waals surface area contributed by atoms with Gasteiger partial charge in [0.15, 0.2) is 6.10 Å². The van der Waals surface area contributed by atoms with Gasteiger partial charge in [-0.1, -0.05) is 42.5 Å². The highest BCUT2D eigenvalue weighted by molar-refractivity contribution is 5.81. The van der Waals surface area contributed by atoms with E-state index in [4.69, 9.17) is 15.2 Å². The summed E-state index contributed by atoms with van der Waals surface area (Å²) in [5.74, 6) is 0.0627. The molecule has 0 heterocycles. The van der Waals surface area contributed by atoms with Crippen molar-refractivity contribution in [3.8, 4) is 5.75 Å². The van der Waals surface area contributed by atoms with Crippen molar-refractivity contribution in [3.05, 3.63) is 65.7 Å². The van der Waals surface area contributed by atoms with Crippen molar-refractivity contribution in [2.45, 2.75) is 32.5 Å². The van der Waals surface area contributed by atoms with E-state index in [-0.39, 0.29) is 6.61 Å². The molecular weight excluding hydrogens is 334 g/mol. The van der Waals surface area contributed by atoms with E-state index in [2.05, 4.69) is 4.74 Å². The van der Waals surface area contributed by atoms with Gasteiger partial charge in [0.05, 0.1) is 6.61 Å². The number of aryl methyl sites for hydroxylation is 1. The fraction of sp³-hybridized carbons (Fsp3) is 0.300. The standard InChI is InChI=1S/C20H23NO5/c1-2-24-20(23)26-18(19(21)22)13-10-15-8-11-17(12-9-15)25-14-16-6-4-3-5-7-16/h3-9,11-12,18H,2,10,13-14H2,1H3,(H2,21,22). The minimum absolute atomic E-state index is 0.175. The van der Waals surface area contributed by atoms with Gasteiger partial charge in [-0.3, -0.25) is 4.79 Å². The summed E-state index contributed by atoms with van der Waals surface area (Å²) in [5.41, 5.74) is 7.35. The second-order valence-electron chi connectivity index (χ2n) is 5.65. The lowest BCUT2D eigenvalue weighted by Crippen LogP contribution is -2.33. The van der Waals surface area contributed by atoms with Gasteiger partial charge in [-0.15, -0.1) is 0 Å². The molecular formula is C20H23NO5. The first-order valence-electron chi connectivity index (χ1n) is 8.47. The molecule has 0 fully saturated rings. The molecule has 6 heteroatoms. The summed E-state index contributed by atoms with van der Waals surface area (Å²) in [6.07, 6.45) is -1.08. The molecule has 0 radical (unpaired) electrons. The van der Waals surface area contributed by atoms with Crippen molar-refractivity contribution in [1.82, 2.24) is 0 Å². The summed E-state index contributed by atoms with van der Waals surface area (Å²) in [6.45, 7) is 2.33. The molecule has 2 rings (SSSR count). The first-order valence-corrected chi connectivity index (χ1v) is 8.47. The topological polar surface area (TPSA) is 87.8 Å². The lowest BCUT2D eigenvalue weighted by atomic mass is 10.1. The van der Waals surface area contributed by atoms with Crippen LogP contribution in [0.25, 0.3) is 0 Å². The van der Waals surface area contributed by atoms with Gasteiger partial charge in [0.25, 0.3) is 5.91 Å². The molecule has 0 aromatic heterocycles. The van der Waals surface area contributed by atoms with Gasteiger partial charge >= 0.3 is 6.16 Å². The zero-order valence-electron chi connectivity index (χ0n) is 14.7. The first-order chi connectivity index (χ1) is 12.6. The first kappa shape index (κ1) is 19.3. The molecule has 0 aliphatic rings. The van der Waals surface area contributed by atoms with Gasteiger partial charge < -0.3 is 19.9 Å². The lowest BCUT2D eigenvalue weighted by Gasteiger charge is -2.14. The molecule has 0 saturated carbocycles. The van der Waals surface area contributed by atoms with E-state index in [0.717, 1.165) is 16.9 Å². The molecule has 2 aromatic carbocycles. The summed E-state index contributed by atoms with van der Waals surface area (Å²) in [6, 6.07) is 17.4. The van der Waals surface area contributed by atoms with Crippen LogP contribution in [-0.2, 0) is 27.3 Å². The predicted molar refractivity (Wildman–Crippen MR) is 96.6 cm³/mol. The van der Waals surface area contributed by atoms with Gasteiger partial charge in [-0.05, 0) is 43.0 Å². The van der Waals surface area contributed by atoms with E-state index in [9.17, 15) is 9.59 Å². The van der Waals surface area contributed by atoms with E-state index < -0.39 is 18.2 Å². The fourth-order valence-electron chi connectivity index (χ4n) is 2.32. The van der Waals surface area contributed by atoms with E-state index in [1.165, 1.54) is 0 Å². The molecule has 0 saturated heterocycles. The SMILES string of the molecule is CCOC(=O)OC(CCc1ccc(OCc2ccccc2)cc1)C(N)=O. The molecule has 1 unspecified atom stereocenters. The average molecular weight is 357 g/mol. The van der Waals surface area contributed by atoms with Gasteiger partial charge in [-0.25, -0.2) is 4.79 Å². The van der Waals surface area contributed by atoms with E-state index in [0.29, 0.717) is 19.4 Å². The number of carbonyl (C=O) groups is 2. The summed E-state index contributed by atoms with van der Waals surface area (Å²) in [4.78, 5) is 22.7. The highest BCUT2D eigenvalue weighted by Crippen LogP contribution is 2.16. The number of carbonyl (C=O) groups excluding carboxylic acids is 2. The molecule has 0 aliphatic carbocycles. The van der Waals surface area contributed by atoms with Crippen molar-refractivity contribution in [1.29, 1.82) is 0 Å². The molecule has 6 nitrogen and oxygen atoms in total. The van der Waals surface area contributed by atoms with E-state index in [1.807, 2.05) is 54.6 Å². The van der Waals surface area contributed by atoms with Gasteiger partial charge in [-0.2, -0.15) is 0 Å². The summed E-state index contributed by atoms with van der Waals surface area (Å²) in [5, 5.41) is 0. The summed E-state index contributed by atoms with van der Waals surface area (Å²) in [7, 11) is 0. The van der Waals surface area contributed by atoms with Gasteiger partial charge in [0, 0.05) is 0 Å². The zero-order valence-corrected chi connectivity index (χ0v) is 14.7. The normalized spacial score (nSPS) is 11.4. The van der Waals surface area contributed by atoms with Crippen LogP contribution in [0, 0.1) is 0 Å². The van der Waals surface area contributed by atoms with Gasteiger partial charge in [0.1, 0.15) is 12.4 Å². The van der Waals surface area contributed by atoms with E-state index in [1.54, 1.807) is 6.92 Å². The fourth-order valence-corrected chi connectivity index (χ4v) is 2.32. The van der Waals surface area contributed by atoms with Crippen molar-refractivity contribution in [2.24, 2.45) is 5.73 Å². The minimum atomic E-state index is -1.01. The van der Waals surface area contributed by atoms with Crippen LogP contribution in [0.15, 0.2) is 54.6 Å². The monoisotopic (exact) mass is 357 g/mol. The highest BCUT2D eigenvalue weighted by atomic mass is 16.7. The zero-order chi connectivity index (χ0) is 18.8. The third-order valence-electron chi connectivity index (χ3n) is 3.68. The molecule has 2 N–H and O–H groups in total. The van der Waals surface area contributed by atoms with Gasteiger partial charge in [0.2, 0.25) is 0 Å². The Morgan fingerprint density at radius 2 is 1.69 bits per heavy atom.